The Kier molecular flexibility index (Phi) is 4.24. The lowest BCUT2D eigenvalue weighted by atomic mass is 9.77. The molecule has 5 nitrogen and oxygen atoms in total. The van der Waals surface area contributed by atoms with Gasteiger partial charge in [-0.1, -0.05) is 20.8 Å². The minimum absolute atomic E-state index is 0.0621. The molecular formula is C18H26N2O3S. The molecule has 0 bridgehead atoms. The molecule has 1 aromatic rings. The average molecular weight is 350 g/mol. The van der Waals surface area contributed by atoms with Crippen molar-refractivity contribution in [2.75, 3.05) is 25.0 Å². The van der Waals surface area contributed by atoms with Gasteiger partial charge in [0.2, 0.25) is 15.9 Å². The maximum Gasteiger partial charge on any atom is 0.243 e. The van der Waals surface area contributed by atoms with Gasteiger partial charge in [0.15, 0.2) is 0 Å². The number of carbonyl (C=O) groups excluding carboxylic acids is 1. The first kappa shape index (κ1) is 17.4. The monoisotopic (exact) mass is 350 g/mol. The molecule has 0 saturated heterocycles. The molecule has 1 aliphatic carbocycles. The Hall–Kier alpha value is -1.40. The molecule has 0 radical (unpaired) electrons. The number of fused-ring (bicyclic) bond motifs is 1. The van der Waals surface area contributed by atoms with Crippen LogP contribution in [0.1, 0.15) is 45.6 Å². The first-order chi connectivity index (χ1) is 11.2. The molecule has 1 aliphatic heterocycles. The van der Waals surface area contributed by atoms with Gasteiger partial charge in [-0.25, -0.2) is 8.42 Å². The molecule has 0 N–H and O–H groups in total. The fourth-order valence-corrected chi connectivity index (χ4v) is 4.92. The van der Waals surface area contributed by atoms with E-state index < -0.39 is 10.0 Å². The molecule has 2 aliphatic rings. The first-order valence-corrected chi connectivity index (χ1v) is 10.0. The van der Waals surface area contributed by atoms with Crippen LogP contribution in [0.5, 0.6) is 0 Å². The van der Waals surface area contributed by atoms with Gasteiger partial charge in [0, 0.05) is 37.7 Å². The number of hydrogen-bond donors (Lipinski definition) is 0. The number of rotatable bonds is 5. The summed E-state index contributed by atoms with van der Waals surface area (Å²) in [5.41, 5.74) is 1.37. The van der Waals surface area contributed by atoms with E-state index >= 15 is 0 Å². The zero-order valence-electron chi connectivity index (χ0n) is 14.9. The predicted octanol–water partition coefficient (Wildman–Crippen LogP) is 2.75. The number of nitrogens with zero attached hydrogens (tertiary/aromatic N) is 2. The van der Waals surface area contributed by atoms with Crippen molar-refractivity contribution in [1.82, 2.24) is 4.31 Å². The third kappa shape index (κ3) is 2.97. The Morgan fingerprint density at radius 3 is 2.54 bits per heavy atom. The van der Waals surface area contributed by atoms with Crippen molar-refractivity contribution in [3.63, 3.8) is 0 Å². The molecule has 1 fully saturated rings. The topological polar surface area (TPSA) is 57.7 Å². The van der Waals surface area contributed by atoms with Gasteiger partial charge in [0.25, 0.3) is 0 Å². The van der Waals surface area contributed by atoms with Crippen LogP contribution in [0.3, 0.4) is 0 Å². The van der Waals surface area contributed by atoms with Crippen LogP contribution >= 0.6 is 0 Å². The second-order valence-electron chi connectivity index (χ2n) is 7.59. The predicted molar refractivity (Wildman–Crippen MR) is 94.7 cm³/mol. The van der Waals surface area contributed by atoms with E-state index in [0.717, 1.165) is 24.1 Å². The number of amides is 1. The van der Waals surface area contributed by atoms with Crippen molar-refractivity contribution in [3.8, 4) is 0 Å². The Morgan fingerprint density at radius 2 is 1.96 bits per heavy atom. The van der Waals surface area contributed by atoms with E-state index in [1.165, 1.54) is 0 Å². The highest BCUT2D eigenvalue weighted by Crippen LogP contribution is 2.41. The lowest BCUT2D eigenvalue weighted by Crippen LogP contribution is -2.40. The summed E-state index contributed by atoms with van der Waals surface area (Å²) in [6.45, 7) is 6.97. The van der Waals surface area contributed by atoms with Gasteiger partial charge in [-0.05, 0) is 42.5 Å². The Bertz CT molecular complexity index is 766. The first-order valence-electron chi connectivity index (χ1n) is 8.58. The van der Waals surface area contributed by atoms with E-state index in [2.05, 4.69) is 0 Å². The molecule has 24 heavy (non-hydrogen) atoms. The Morgan fingerprint density at radius 1 is 1.29 bits per heavy atom. The zero-order valence-corrected chi connectivity index (χ0v) is 15.7. The summed E-state index contributed by atoms with van der Waals surface area (Å²) in [4.78, 5) is 14.1. The molecule has 0 atom stereocenters. The van der Waals surface area contributed by atoms with Crippen LogP contribution in [0.15, 0.2) is 23.1 Å². The third-order valence-electron chi connectivity index (χ3n) is 5.18. The van der Waals surface area contributed by atoms with E-state index in [4.69, 9.17) is 0 Å². The largest absolute Gasteiger partial charge is 0.315 e. The van der Waals surface area contributed by atoms with Crippen LogP contribution in [0.2, 0.25) is 0 Å². The van der Waals surface area contributed by atoms with Crippen LogP contribution in [0, 0.1) is 5.92 Å². The minimum Gasteiger partial charge on any atom is -0.315 e. The highest BCUT2D eigenvalue weighted by atomic mass is 32.2. The van der Waals surface area contributed by atoms with Crippen LogP contribution in [0.25, 0.3) is 0 Å². The van der Waals surface area contributed by atoms with Crippen LogP contribution in [-0.2, 0) is 20.2 Å². The molecule has 0 unspecified atom stereocenters. The molecule has 1 saturated carbocycles. The summed E-state index contributed by atoms with van der Waals surface area (Å²) in [5.74, 6) is 0.574. The summed E-state index contributed by atoms with van der Waals surface area (Å²) < 4.78 is 27.6. The van der Waals surface area contributed by atoms with Crippen molar-refractivity contribution >= 4 is 21.6 Å². The third-order valence-corrected chi connectivity index (χ3v) is 7.11. The number of hydrogen-bond acceptors (Lipinski definition) is 3. The number of benzene rings is 1. The summed E-state index contributed by atoms with van der Waals surface area (Å²) in [5, 5.41) is 0. The molecule has 3 rings (SSSR count). The van der Waals surface area contributed by atoms with Crippen molar-refractivity contribution in [2.45, 2.75) is 50.3 Å². The lowest BCUT2D eigenvalue weighted by molar-refractivity contribution is -0.119. The molecule has 1 amide bonds. The fourth-order valence-electron chi connectivity index (χ4n) is 3.37. The highest BCUT2D eigenvalue weighted by molar-refractivity contribution is 7.89. The minimum atomic E-state index is -3.49. The van der Waals surface area contributed by atoms with Crippen molar-refractivity contribution in [3.05, 3.63) is 23.8 Å². The average Bonchev–Trinajstić information content (AvgIpc) is 3.33. The summed E-state index contributed by atoms with van der Waals surface area (Å²) in [6, 6.07) is 5.17. The Labute approximate surface area is 144 Å². The molecular weight excluding hydrogens is 324 g/mol. The van der Waals surface area contributed by atoms with Crippen LogP contribution in [-0.4, -0.2) is 38.8 Å². The van der Waals surface area contributed by atoms with Crippen molar-refractivity contribution in [1.29, 1.82) is 0 Å². The van der Waals surface area contributed by atoms with Crippen molar-refractivity contribution in [2.24, 2.45) is 5.92 Å². The van der Waals surface area contributed by atoms with Gasteiger partial charge >= 0.3 is 0 Å². The maximum absolute atomic E-state index is 13.0. The van der Waals surface area contributed by atoms with Crippen LogP contribution < -0.4 is 4.90 Å². The lowest BCUT2D eigenvalue weighted by Gasteiger charge is -2.37. The quantitative estimate of drug-likeness (QED) is 0.820. The van der Waals surface area contributed by atoms with E-state index in [1.54, 1.807) is 34.5 Å². The molecule has 132 valence electrons. The van der Waals surface area contributed by atoms with E-state index in [1.807, 2.05) is 20.8 Å². The molecule has 0 aromatic heterocycles. The van der Waals surface area contributed by atoms with Crippen molar-refractivity contribution < 1.29 is 13.2 Å². The standard InChI is InChI=1S/C18H26N2O3S/c1-5-20(12-13-6-7-13)24(22,23)14-8-9-16-15(10-14)18(2,3)11-17(21)19(16)4/h8-10,13H,5-7,11-12H2,1-4H3. The number of sulfonamides is 1. The molecule has 6 heteroatoms. The van der Waals surface area contributed by atoms with Gasteiger partial charge in [-0.2, -0.15) is 4.31 Å². The summed E-state index contributed by atoms with van der Waals surface area (Å²) >= 11 is 0. The number of anilines is 1. The van der Waals surface area contributed by atoms with Gasteiger partial charge in [-0.15, -0.1) is 0 Å². The van der Waals surface area contributed by atoms with Crippen LogP contribution in [0.4, 0.5) is 5.69 Å². The van der Waals surface area contributed by atoms with Gasteiger partial charge in [0.1, 0.15) is 0 Å². The van der Waals surface area contributed by atoms with E-state index in [9.17, 15) is 13.2 Å². The second-order valence-corrected chi connectivity index (χ2v) is 9.53. The molecule has 1 aromatic carbocycles. The normalized spacial score (nSPS) is 20.4. The number of carbonyl (C=O) groups is 1. The second kappa shape index (κ2) is 5.85. The molecule has 0 spiro atoms. The van der Waals surface area contributed by atoms with Gasteiger partial charge < -0.3 is 4.90 Å². The maximum atomic E-state index is 13.0. The fraction of sp³-hybridized carbons (Fsp3) is 0.611. The van der Waals surface area contributed by atoms with E-state index in [-0.39, 0.29) is 11.3 Å². The summed E-state index contributed by atoms with van der Waals surface area (Å²) in [7, 11) is -1.74. The highest BCUT2D eigenvalue weighted by Gasteiger charge is 2.37. The Balaban J connectivity index is 2.02. The zero-order chi connectivity index (χ0) is 17.7. The SMILES string of the molecule is CCN(CC1CC1)S(=O)(=O)c1ccc2c(c1)C(C)(C)CC(=O)N2C. The van der Waals surface area contributed by atoms with E-state index in [0.29, 0.717) is 30.3 Å². The van der Waals surface area contributed by atoms with Gasteiger partial charge in [-0.3, -0.25) is 4.79 Å². The molecule has 1 heterocycles. The smallest absolute Gasteiger partial charge is 0.243 e. The van der Waals surface area contributed by atoms with Gasteiger partial charge in [0.05, 0.1) is 4.90 Å². The summed E-state index contributed by atoms with van der Waals surface area (Å²) in [6.07, 6.45) is 2.63.